The number of ketones is 2. The molecule has 1 atom stereocenters. The van der Waals surface area contributed by atoms with E-state index in [1.165, 1.54) is 11.3 Å². The summed E-state index contributed by atoms with van der Waals surface area (Å²) in [6.07, 6.45) is 1.95. The van der Waals surface area contributed by atoms with E-state index < -0.39 is 0 Å². The minimum atomic E-state index is 0.0274. The van der Waals surface area contributed by atoms with Crippen LogP contribution in [0.3, 0.4) is 0 Å². The van der Waals surface area contributed by atoms with E-state index in [1.807, 2.05) is 30.5 Å². The number of rotatable bonds is 5. The second kappa shape index (κ2) is 7.81. The van der Waals surface area contributed by atoms with Crippen molar-refractivity contribution >= 4 is 34.5 Å². The summed E-state index contributed by atoms with van der Waals surface area (Å²) in [5, 5.41) is 2.71. The molecule has 0 radical (unpaired) electrons. The number of likely N-dealkylation sites (tertiary alicyclic amines) is 1. The topological polar surface area (TPSA) is 37.4 Å². The average Bonchev–Trinajstić information content (AvgIpc) is 3.03. The quantitative estimate of drug-likeness (QED) is 0.689. The molecule has 132 valence electrons. The van der Waals surface area contributed by atoms with Crippen LogP contribution in [0.5, 0.6) is 0 Å². The van der Waals surface area contributed by atoms with Crippen molar-refractivity contribution < 1.29 is 9.59 Å². The summed E-state index contributed by atoms with van der Waals surface area (Å²) in [5.74, 6) is 0.356. The van der Waals surface area contributed by atoms with Crippen LogP contribution in [-0.4, -0.2) is 29.6 Å². The molecule has 5 heteroatoms. The molecule has 3 rings (SSSR count). The van der Waals surface area contributed by atoms with Gasteiger partial charge in [0.05, 0.1) is 4.88 Å². The standard InChI is InChI=1S/C20H22ClNO2S/c1-13-8-17(21)5-6-18(13)20(24)16-4-3-7-22(11-16)10-15-9-19(14(2)23)25-12-15/h5-6,8-9,12,16H,3-4,7,10-11H2,1-2H3. The van der Waals surface area contributed by atoms with Gasteiger partial charge in [0.2, 0.25) is 0 Å². The van der Waals surface area contributed by atoms with Gasteiger partial charge in [-0.3, -0.25) is 14.5 Å². The first kappa shape index (κ1) is 18.3. The Bertz CT molecular complexity index is 799. The molecule has 2 heterocycles. The van der Waals surface area contributed by atoms with Crippen molar-refractivity contribution in [3.05, 3.63) is 56.2 Å². The summed E-state index contributed by atoms with van der Waals surface area (Å²) >= 11 is 7.50. The van der Waals surface area contributed by atoms with E-state index in [0.29, 0.717) is 5.02 Å². The van der Waals surface area contributed by atoms with Gasteiger partial charge in [-0.15, -0.1) is 11.3 Å². The lowest BCUT2D eigenvalue weighted by atomic mass is 9.88. The molecule has 1 aliphatic rings. The Morgan fingerprint density at radius 1 is 1.32 bits per heavy atom. The van der Waals surface area contributed by atoms with Gasteiger partial charge in [0.1, 0.15) is 0 Å². The molecule has 0 bridgehead atoms. The molecule has 1 unspecified atom stereocenters. The van der Waals surface area contributed by atoms with Gasteiger partial charge < -0.3 is 0 Å². The molecule has 0 saturated carbocycles. The number of hydrogen-bond donors (Lipinski definition) is 0. The molecule has 1 saturated heterocycles. The van der Waals surface area contributed by atoms with E-state index in [9.17, 15) is 9.59 Å². The molecule has 0 N–H and O–H groups in total. The highest BCUT2D eigenvalue weighted by Crippen LogP contribution is 2.26. The summed E-state index contributed by atoms with van der Waals surface area (Å²) in [6, 6.07) is 7.46. The normalized spacial score (nSPS) is 18.3. The molecule has 0 aliphatic carbocycles. The highest BCUT2D eigenvalue weighted by molar-refractivity contribution is 7.12. The first-order valence-corrected chi connectivity index (χ1v) is 9.81. The van der Waals surface area contributed by atoms with Crippen molar-refractivity contribution in [2.75, 3.05) is 13.1 Å². The Morgan fingerprint density at radius 2 is 2.12 bits per heavy atom. The number of benzene rings is 1. The zero-order valence-electron chi connectivity index (χ0n) is 14.5. The van der Waals surface area contributed by atoms with Gasteiger partial charge in [0, 0.05) is 29.6 Å². The van der Waals surface area contributed by atoms with E-state index >= 15 is 0 Å². The zero-order chi connectivity index (χ0) is 18.0. The molecule has 1 aromatic carbocycles. The second-order valence-corrected chi connectivity index (χ2v) is 8.12. The number of halogens is 1. The Morgan fingerprint density at radius 3 is 2.80 bits per heavy atom. The SMILES string of the molecule is CC(=O)c1cc(CN2CCCC(C(=O)c3ccc(Cl)cc3C)C2)cs1. The highest BCUT2D eigenvalue weighted by atomic mass is 35.5. The van der Waals surface area contributed by atoms with Gasteiger partial charge in [-0.05, 0) is 74.0 Å². The lowest BCUT2D eigenvalue weighted by Crippen LogP contribution is -2.38. The lowest BCUT2D eigenvalue weighted by molar-refractivity contribution is 0.0811. The van der Waals surface area contributed by atoms with Crippen LogP contribution in [0.15, 0.2) is 29.6 Å². The van der Waals surface area contributed by atoms with Crippen LogP contribution < -0.4 is 0 Å². The number of nitrogens with zero attached hydrogens (tertiary/aromatic N) is 1. The van der Waals surface area contributed by atoms with Crippen molar-refractivity contribution in [1.29, 1.82) is 0 Å². The first-order chi connectivity index (χ1) is 11.9. The fourth-order valence-electron chi connectivity index (χ4n) is 3.44. The summed E-state index contributed by atoms with van der Waals surface area (Å²) in [6.45, 7) is 6.10. The highest BCUT2D eigenvalue weighted by Gasteiger charge is 2.27. The van der Waals surface area contributed by atoms with Crippen LogP contribution in [0.2, 0.25) is 5.02 Å². The third kappa shape index (κ3) is 4.38. The number of hydrogen-bond acceptors (Lipinski definition) is 4. The van der Waals surface area contributed by atoms with Crippen molar-refractivity contribution in [3.8, 4) is 0 Å². The van der Waals surface area contributed by atoms with Crippen molar-refractivity contribution in [2.45, 2.75) is 33.2 Å². The molecule has 0 spiro atoms. The Labute approximate surface area is 157 Å². The largest absolute Gasteiger partial charge is 0.298 e. The maximum Gasteiger partial charge on any atom is 0.169 e. The third-order valence-corrected chi connectivity index (χ3v) is 6.05. The monoisotopic (exact) mass is 375 g/mol. The Balaban J connectivity index is 1.67. The number of piperidine rings is 1. The maximum absolute atomic E-state index is 12.9. The number of carbonyl (C=O) groups excluding carboxylic acids is 2. The molecular formula is C20H22ClNO2S. The van der Waals surface area contributed by atoms with Crippen LogP contribution in [0.4, 0.5) is 0 Å². The zero-order valence-corrected chi connectivity index (χ0v) is 16.1. The fraction of sp³-hybridized carbons (Fsp3) is 0.400. The minimum absolute atomic E-state index is 0.0274. The first-order valence-electron chi connectivity index (χ1n) is 8.55. The second-order valence-electron chi connectivity index (χ2n) is 6.77. The Hall–Kier alpha value is -1.49. The third-order valence-electron chi connectivity index (χ3n) is 4.74. The minimum Gasteiger partial charge on any atom is -0.298 e. The van der Waals surface area contributed by atoms with Gasteiger partial charge in [-0.25, -0.2) is 0 Å². The molecule has 1 aromatic heterocycles. The number of aryl methyl sites for hydroxylation is 1. The van der Waals surface area contributed by atoms with E-state index in [4.69, 9.17) is 11.6 Å². The summed E-state index contributed by atoms with van der Waals surface area (Å²) in [7, 11) is 0. The van der Waals surface area contributed by atoms with E-state index in [1.54, 1.807) is 13.0 Å². The summed E-state index contributed by atoms with van der Waals surface area (Å²) in [5.41, 5.74) is 2.88. The smallest absolute Gasteiger partial charge is 0.169 e. The Kier molecular flexibility index (Phi) is 5.72. The van der Waals surface area contributed by atoms with Crippen molar-refractivity contribution in [1.82, 2.24) is 4.90 Å². The molecular weight excluding hydrogens is 354 g/mol. The van der Waals surface area contributed by atoms with Crippen LogP contribution in [0.25, 0.3) is 0 Å². The molecule has 2 aromatic rings. The van der Waals surface area contributed by atoms with E-state index in [-0.39, 0.29) is 17.5 Å². The van der Waals surface area contributed by atoms with E-state index in [2.05, 4.69) is 4.90 Å². The van der Waals surface area contributed by atoms with Crippen molar-refractivity contribution in [3.63, 3.8) is 0 Å². The molecule has 25 heavy (non-hydrogen) atoms. The van der Waals surface area contributed by atoms with Crippen LogP contribution in [-0.2, 0) is 6.54 Å². The van der Waals surface area contributed by atoms with Gasteiger partial charge in [0.25, 0.3) is 0 Å². The van der Waals surface area contributed by atoms with Gasteiger partial charge in [-0.2, -0.15) is 0 Å². The van der Waals surface area contributed by atoms with Crippen LogP contribution in [0, 0.1) is 12.8 Å². The summed E-state index contributed by atoms with van der Waals surface area (Å²) < 4.78 is 0. The van der Waals surface area contributed by atoms with E-state index in [0.717, 1.165) is 54.0 Å². The predicted molar refractivity (Wildman–Crippen MR) is 103 cm³/mol. The van der Waals surface area contributed by atoms with Crippen LogP contribution in [0.1, 0.15) is 50.9 Å². The number of carbonyl (C=O) groups is 2. The summed E-state index contributed by atoms with van der Waals surface area (Å²) in [4.78, 5) is 27.5. The lowest BCUT2D eigenvalue weighted by Gasteiger charge is -2.32. The van der Waals surface area contributed by atoms with Gasteiger partial charge in [-0.1, -0.05) is 11.6 Å². The number of Topliss-reactive ketones (excluding diaryl/α,β-unsaturated/α-hetero) is 2. The van der Waals surface area contributed by atoms with Gasteiger partial charge >= 0.3 is 0 Å². The van der Waals surface area contributed by atoms with Crippen LogP contribution >= 0.6 is 22.9 Å². The maximum atomic E-state index is 12.9. The number of thiophene rings is 1. The van der Waals surface area contributed by atoms with Crippen molar-refractivity contribution in [2.24, 2.45) is 5.92 Å². The predicted octanol–water partition coefficient (Wildman–Crippen LogP) is 5.01. The molecule has 3 nitrogen and oxygen atoms in total. The molecule has 1 aliphatic heterocycles. The molecule has 0 amide bonds. The average molecular weight is 376 g/mol. The molecule has 1 fully saturated rings. The fourth-order valence-corrected chi connectivity index (χ4v) is 4.47. The van der Waals surface area contributed by atoms with Gasteiger partial charge in [0.15, 0.2) is 11.6 Å².